The van der Waals surface area contributed by atoms with Gasteiger partial charge in [-0.1, -0.05) is 35.5 Å². The van der Waals surface area contributed by atoms with Gasteiger partial charge >= 0.3 is 0 Å². The molecule has 1 aromatic carbocycles. The summed E-state index contributed by atoms with van der Waals surface area (Å²) < 4.78 is 5.15. The summed E-state index contributed by atoms with van der Waals surface area (Å²) in [6, 6.07) is 11.9. The molecule has 2 rings (SSSR count). The van der Waals surface area contributed by atoms with E-state index in [-0.39, 0.29) is 0 Å². The molecule has 0 saturated carbocycles. The molecular formula is C11H12N2O. The molecule has 0 aliphatic carbocycles. The molecule has 0 unspecified atom stereocenters. The number of benzene rings is 1. The molecule has 0 bridgehead atoms. The first-order chi connectivity index (χ1) is 6.90. The van der Waals surface area contributed by atoms with Crippen molar-refractivity contribution < 1.29 is 4.52 Å². The predicted molar refractivity (Wildman–Crippen MR) is 54.7 cm³/mol. The lowest BCUT2D eigenvalue weighted by Gasteiger charge is -1.91. The first kappa shape index (κ1) is 8.97. The monoisotopic (exact) mass is 188 g/mol. The van der Waals surface area contributed by atoms with Crippen LogP contribution in [-0.4, -0.2) is 12.2 Å². The molecule has 0 atom stereocenters. The van der Waals surface area contributed by atoms with Crippen LogP contribution in [0.15, 0.2) is 40.9 Å². The zero-order valence-electron chi connectivity index (χ0n) is 8.03. The van der Waals surface area contributed by atoms with Gasteiger partial charge < -0.3 is 9.84 Å². The van der Waals surface area contributed by atoms with Gasteiger partial charge in [-0.2, -0.15) is 0 Å². The zero-order valence-corrected chi connectivity index (χ0v) is 8.03. The number of hydrogen-bond donors (Lipinski definition) is 1. The van der Waals surface area contributed by atoms with E-state index >= 15 is 0 Å². The topological polar surface area (TPSA) is 38.1 Å². The Morgan fingerprint density at radius 3 is 2.79 bits per heavy atom. The Hall–Kier alpha value is -1.61. The Balaban J connectivity index is 2.25. The lowest BCUT2D eigenvalue weighted by molar-refractivity contribution is 0.379. The molecular weight excluding hydrogens is 176 g/mol. The number of rotatable bonds is 3. The van der Waals surface area contributed by atoms with Crippen molar-refractivity contribution in [3.8, 4) is 11.3 Å². The maximum absolute atomic E-state index is 5.15. The third-order valence-electron chi connectivity index (χ3n) is 1.98. The highest BCUT2D eigenvalue weighted by Gasteiger charge is 2.04. The van der Waals surface area contributed by atoms with Gasteiger partial charge in [0.25, 0.3) is 0 Å². The standard InChI is InChI=1S/C11H12N2O/c1-12-8-10-7-11(13-14-10)9-5-3-2-4-6-9/h2-7,12H,8H2,1H3. The maximum Gasteiger partial charge on any atom is 0.151 e. The van der Waals surface area contributed by atoms with Crippen LogP contribution in [-0.2, 0) is 6.54 Å². The van der Waals surface area contributed by atoms with Crippen LogP contribution in [0.5, 0.6) is 0 Å². The molecule has 0 aliphatic rings. The van der Waals surface area contributed by atoms with E-state index < -0.39 is 0 Å². The number of nitrogens with one attached hydrogen (secondary N) is 1. The van der Waals surface area contributed by atoms with E-state index in [1.54, 1.807) is 0 Å². The van der Waals surface area contributed by atoms with Crippen molar-refractivity contribution in [1.82, 2.24) is 10.5 Å². The van der Waals surface area contributed by atoms with Crippen LogP contribution < -0.4 is 5.32 Å². The van der Waals surface area contributed by atoms with Crippen molar-refractivity contribution in [2.45, 2.75) is 6.54 Å². The van der Waals surface area contributed by atoms with Gasteiger partial charge in [-0.25, -0.2) is 0 Å². The molecule has 1 N–H and O–H groups in total. The largest absolute Gasteiger partial charge is 0.359 e. The van der Waals surface area contributed by atoms with Gasteiger partial charge in [0.1, 0.15) is 5.69 Å². The molecule has 3 heteroatoms. The van der Waals surface area contributed by atoms with E-state index in [0.29, 0.717) is 6.54 Å². The van der Waals surface area contributed by atoms with Gasteiger partial charge in [0, 0.05) is 11.6 Å². The van der Waals surface area contributed by atoms with Gasteiger partial charge in [0.2, 0.25) is 0 Å². The molecule has 3 nitrogen and oxygen atoms in total. The smallest absolute Gasteiger partial charge is 0.151 e. The second-order valence-corrected chi connectivity index (χ2v) is 3.07. The first-order valence-corrected chi connectivity index (χ1v) is 4.56. The van der Waals surface area contributed by atoms with Crippen LogP contribution in [0.2, 0.25) is 0 Å². The van der Waals surface area contributed by atoms with E-state index in [0.717, 1.165) is 17.0 Å². The summed E-state index contributed by atoms with van der Waals surface area (Å²) in [6.45, 7) is 0.708. The molecule has 0 saturated heterocycles. The first-order valence-electron chi connectivity index (χ1n) is 4.56. The molecule has 0 amide bonds. The van der Waals surface area contributed by atoms with Crippen molar-refractivity contribution in [2.75, 3.05) is 7.05 Å². The van der Waals surface area contributed by atoms with Crippen molar-refractivity contribution in [1.29, 1.82) is 0 Å². The highest BCUT2D eigenvalue weighted by molar-refractivity contribution is 5.58. The Bertz CT molecular complexity index is 395. The minimum atomic E-state index is 0.708. The fraction of sp³-hybridized carbons (Fsp3) is 0.182. The quantitative estimate of drug-likeness (QED) is 0.801. The van der Waals surface area contributed by atoms with E-state index in [1.165, 1.54) is 0 Å². The van der Waals surface area contributed by atoms with Crippen LogP contribution in [0.1, 0.15) is 5.76 Å². The molecule has 14 heavy (non-hydrogen) atoms. The third kappa shape index (κ3) is 1.83. The average Bonchev–Trinajstić information content (AvgIpc) is 2.68. The summed E-state index contributed by atoms with van der Waals surface area (Å²) >= 11 is 0. The zero-order chi connectivity index (χ0) is 9.80. The Kier molecular flexibility index (Phi) is 2.60. The SMILES string of the molecule is CNCc1cc(-c2ccccc2)no1. The fourth-order valence-electron chi connectivity index (χ4n) is 1.32. The normalized spacial score (nSPS) is 10.4. The second-order valence-electron chi connectivity index (χ2n) is 3.07. The summed E-state index contributed by atoms with van der Waals surface area (Å²) in [6.07, 6.45) is 0. The van der Waals surface area contributed by atoms with Crippen molar-refractivity contribution in [3.05, 3.63) is 42.2 Å². The van der Waals surface area contributed by atoms with Crippen molar-refractivity contribution in [2.24, 2.45) is 0 Å². The molecule has 0 spiro atoms. The van der Waals surface area contributed by atoms with Crippen molar-refractivity contribution >= 4 is 0 Å². The van der Waals surface area contributed by atoms with Gasteiger partial charge in [0.15, 0.2) is 5.76 Å². The summed E-state index contributed by atoms with van der Waals surface area (Å²) in [5.74, 6) is 0.853. The predicted octanol–water partition coefficient (Wildman–Crippen LogP) is 2.06. The molecule has 1 heterocycles. The Morgan fingerprint density at radius 2 is 2.07 bits per heavy atom. The van der Waals surface area contributed by atoms with Crippen LogP contribution in [0.25, 0.3) is 11.3 Å². The van der Waals surface area contributed by atoms with Gasteiger partial charge in [-0.15, -0.1) is 0 Å². The number of aromatic nitrogens is 1. The van der Waals surface area contributed by atoms with Crippen LogP contribution in [0.4, 0.5) is 0 Å². The van der Waals surface area contributed by atoms with Crippen LogP contribution in [0.3, 0.4) is 0 Å². The van der Waals surface area contributed by atoms with Crippen LogP contribution in [0, 0.1) is 0 Å². The Labute approximate surface area is 82.7 Å². The lowest BCUT2D eigenvalue weighted by Crippen LogP contribution is -2.03. The van der Waals surface area contributed by atoms with Crippen LogP contribution >= 0.6 is 0 Å². The summed E-state index contributed by atoms with van der Waals surface area (Å²) in [5.41, 5.74) is 1.97. The number of nitrogens with zero attached hydrogens (tertiary/aromatic N) is 1. The summed E-state index contributed by atoms with van der Waals surface area (Å²) in [7, 11) is 1.88. The van der Waals surface area contributed by atoms with Gasteiger partial charge in [-0.3, -0.25) is 0 Å². The molecule has 0 aliphatic heterocycles. The highest BCUT2D eigenvalue weighted by Crippen LogP contribution is 2.18. The summed E-state index contributed by atoms with van der Waals surface area (Å²) in [4.78, 5) is 0. The minimum Gasteiger partial charge on any atom is -0.359 e. The summed E-state index contributed by atoms with van der Waals surface area (Å²) in [5, 5.41) is 7.01. The highest BCUT2D eigenvalue weighted by atomic mass is 16.5. The second kappa shape index (κ2) is 4.07. The van der Waals surface area contributed by atoms with E-state index in [4.69, 9.17) is 4.52 Å². The molecule has 2 aromatic rings. The molecule has 0 fully saturated rings. The molecule has 1 aromatic heterocycles. The molecule has 0 radical (unpaired) electrons. The average molecular weight is 188 g/mol. The third-order valence-corrected chi connectivity index (χ3v) is 1.98. The van der Waals surface area contributed by atoms with Crippen molar-refractivity contribution in [3.63, 3.8) is 0 Å². The fourth-order valence-corrected chi connectivity index (χ4v) is 1.32. The Morgan fingerprint density at radius 1 is 1.29 bits per heavy atom. The van der Waals surface area contributed by atoms with E-state index in [1.807, 2.05) is 43.4 Å². The lowest BCUT2D eigenvalue weighted by atomic mass is 10.1. The van der Waals surface area contributed by atoms with E-state index in [2.05, 4.69) is 10.5 Å². The maximum atomic E-state index is 5.15. The number of hydrogen-bond acceptors (Lipinski definition) is 3. The minimum absolute atomic E-state index is 0.708. The van der Waals surface area contributed by atoms with Gasteiger partial charge in [0.05, 0.1) is 6.54 Å². The van der Waals surface area contributed by atoms with Gasteiger partial charge in [-0.05, 0) is 7.05 Å². The molecule has 72 valence electrons. The van der Waals surface area contributed by atoms with E-state index in [9.17, 15) is 0 Å².